The summed E-state index contributed by atoms with van der Waals surface area (Å²) in [5.74, 6) is 0.825. The van der Waals surface area contributed by atoms with Gasteiger partial charge in [0.15, 0.2) is 5.82 Å². The van der Waals surface area contributed by atoms with Crippen LogP contribution in [-0.2, 0) is 23.8 Å². The monoisotopic (exact) mass is 460 g/mol. The van der Waals surface area contributed by atoms with Crippen LogP contribution in [0.25, 0.3) is 11.4 Å². The zero-order valence-corrected chi connectivity index (χ0v) is 18.0. The van der Waals surface area contributed by atoms with Crippen molar-refractivity contribution in [3.63, 3.8) is 0 Å². The summed E-state index contributed by atoms with van der Waals surface area (Å²) in [4.78, 5) is 15.8. The molecule has 174 valence electrons. The van der Waals surface area contributed by atoms with Crippen molar-refractivity contribution in [3.8, 4) is 11.4 Å². The first-order valence-corrected chi connectivity index (χ1v) is 10.8. The number of ether oxygens (including phenoxy) is 1. The van der Waals surface area contributed by atoms with E-state index in [-0.39, 0.29) is 17.2 Å². The normalized spacial score (nSPS) is 15.0. The van der Waals surface area contributed by atoms with Gasteiger partial charge in [-0.05, 0) is 42.8 Å². The first kappa shape index (κ1) is 23.3. The third kappa shape index (κ3) is 6.55. The molecular weight excluding hydrogens is 436 g/mol. The third-order valence-electron chi connectivity index (χ3n) is 5.43. The second-order valence-electron chi connectivity index (χ2n) is 7.93. The number of hydrogen-bond donors (Lipinski definition) is 0. The van der Waals surface area contributed by atoms with Crippen LogP contribution >= 0.6 is 0 Å². The fraction of sp³-hybridized carbons (Fsp3) is 0.375. The molecule has 9 heteroatoms. The molecule has 0 N–H and O–H groups in total. The van der Waals surface area contributed by atoms with Gasteiger partial charge in [0.2, 0.25) is 0 Å². The predicted molar refractivity (Wildman–Crippen MR) is 115 cm³/mol. The Morgan fingerprint density at radius 3 is 2.36 bits per heavy atom. The van der Waals surface area contributed by atoms with Gasteiger partial charge in [0, 0.05) is 31.5 Å². The molecule has 2 heterocycles. The van der Waals surface area contributed by atoms with E-state index in [1.807, 2.05) is 0 Å². The van der Waals surface area contributed by atoms with Crippen molar-refractivity contribution < 1.29 is 22.3 Å². The highest BCUT2D eigenvalue weighted by molar-refractivity contribution is 5.56. The van der Waals surface area contributed by atoms with Crippen molar-refractivity contribution in [1.82, 2.24) is 19.9 Å². The molecule has 1 aliphatic rings. The van der Waals surface area contributed by atoms with E-state index in [0.717, 1.165) is 43.8 Å². The molecule has 0 bridgehead atoms. The van der Waals surface area contributed by atoms with Crippen LogP contribution in [0.15, 0.2) is 48.5 Å². The Morgan fingerprint density at radius 1 is 0.909 bits per heavy atom. The average molecular weight is 460 g/mol. The SMILES string of the molecule is Fc1ccc(Cc2nc(CCCN3CCOCC3)nc(-c3cccc(C(F)(F)F)c3)n2)cc1. The fourth-order valence-corrected chi connectivity index (χ4v) is 3.69. The molecular formula is C24H24F4N4O. The van der Waals surface area contributed by atoms with Crippen molar-refractivity contribution in [3.05, 3.63) is 77.1 Å². The zero-order valence-electron chi connectivity index (χ0n) is 18.0. The largest absolute Gasteiger partial charge is 0.416 e. The van der Waals surface area contributed by atoms with E-state index in [2.05, 4.69) is 19.9 Å². The summed E-state index contributed by atoms with van der Waals surface area (Å²) in [7, 11) is 0. The number of aromatic nitrogens is 3. The van der Waals surface area contributed by atoms with E-state index >= 15 is 0 Å². The van der Waals surface area contributed by atoms with Crippen molar-refractivity contribution >= 4 is 0 Å². The van der Waals surface area contributed by atoms with E-state index in [0.29, 0.717) is 37.7 Å². The van der Waals surface area contributed by atoms with Gasteiger partial charge < -0.3 is 4.74 Å². The third-order valence-corrected chi connectivity index (χ3v) is 5.43. The predicted octanol–water partition coefficient (Wildman–Crippen LogP) is 4.55. The molecule has 2 aromatic carbocycles. The van der Waals surface area contributed by atoms with Crippen LogP contribution in [0.1, 0.15) is 29.2 Å². The first-order valence-electron chi connectivity index (χ1n) is 10.8. The maximum Gasteiger partial charge on any atom is 0.416 e. The molecule has 0 saturated carbocycles. The van der Waals surface area contributed by atoms with Crippen LogP contribution < -0.4 is 0 Å². The Kier molecular flexibility index (Phi) is 7.29. The Hall–Kier alpha value is -2.91. The second kappa shape index (κ2) is 10.4. The number of rotatable bonds is 7. The van der Waals surface area contributed by atoms with Gasteiger partial charge in [-0.15, -0.1) is 0 Å². The molecule has 3 aromatic rings. The molecule has 1 aliphatic heterocycles. The minimum Gasteiger partial charge on any atom is -0.379 e. The van der Waals surface area contributed by atoms with E-state index in [9.17, 15) is 17.6 Å². The summed E-state index contributed by atoms with van der Waals surface area (Å²) in [6.45, 7) is 4.05. The summed E-state index contributed by atoms with van der Waals surface area (Å²) in [6, 6.07) is 11.0. The topological polar surface area (TPSA) is 51.1 Å². The van der Waals surface area contributed by atoms with Crippen LogP contribution in [0, 0.1) is 5.82 Å². The molecule has 0 aliphatic carbocycles. The molecule has 1 saturated heterocycles. The van der Waals surface area contributed by atoms with E-state index < -0.39 is 11.7 Å². The summed E-state index contributed by atoms with van der Waals surface area (Å²) < 4.78 is 58.2. The molecule has 33 heavy (non-hydrogen) atoms. The fourth-order valence-electron chi connectivity index (χ4n) is 3.69. The minimum absolute atomic E-state index is 0.203. The lowest BCUT2D eigenvalue weighted by atomic mass is 10.1. The Balaban J connectivity index is 1.59. The summed E-state index contributed by atoms with van der Waals surface area (Å²) in [5, 5.41) is 0. The van der Waals surface area contributed by atoms with Crippen LogP contribution in [0.3, 0.4) is 0 Å². The first-order chi connectivity index (χ1) is 15.9. The van der Waals surface area contributed by atoms with Gasteiger partial charge in [0.25, 0.3) is 0 Å². The lowest BCUT2D eigenvalue weighted by molar-refractivity contribution is -0.137. The molecule has 0 radical (unpaired) electrons. The van der Waals surface area contributed by atoms with Gasteiger partial charge >= 0.3 is 6.18 Å². The van der Waals surface area contributed by atoms with Crippen molar-refractivity contribution in [2.24, 2.45) is 0 Å². The highest BCUT2D eigenvalue weighted by atomic mass is 19.4. The van der Waals surface area contributed by atoms with Gasteiger partial charge in [0.1, 0.15) is 17.5 Å². The number of aryl methyl sites for hydroxylation is 1. The van der Waals surface area contributed by atoms with E-state index in [1.54, 1.807) is 18.2 Å². The number of alkyl halides is 3. The quantitative estimate of drug-likeness (QED) is 0.484. The van der Waals surface area contributed by atoms with E-state index in [1.165, 1.54) is 18.2 Å². The average Bonchev–Trinajstić information content (AvgIpc) is 2.81. The van der Waals surface area contributed by atoms with Crippen molar-refractivity contribution in [1.29, 1.82) is 0 Å². The zero-order chi connectivity index (χ0) is 23.3. The smallest absolute Gasteiger partial charge is 0.379 e. The van der Waals surface area contributed by atoms with Crippen LogP contribution in [0.5, 0.6) is 0 Å². The highest BCUT2D eigenvalue weighted by Crippen LogP contribution is 2.31. The molecule has 1 fully saturated rings. The Bertz CT molecular complexity index is 1070. The van der Waals surface area contributed by atoms with Crippen LogP contribution in [0.4, 0.5) is 17.6 Å². The van der Waals surface area contributed by atoms with Crippen LogP contribution in [0.2, 0.25) is 0 Å². The summed E-state index contributed by atoms with van der Waals surface area (Å²) >= 11 is 0. The summed E-state index contributed by atoms with van der Waals surface area (Å²) in [5.41, 5.74) is 0.327. The molecule has 0 atom stereocenters. The second-order valence-corrected chi connectivity index (χ2v) is 7.93. The van der Waals surface area contributed by atoms with Crippen molar-refractivity contribution in [2.75, 3.05) is 32.8 Å². The molecule has 0 spiro atoms. The molecule has 0 amide bonds. The van der Waals surface area contributed by atoms with Gasteiger partial charge in [-0.3, -0.25) is 4.90 Å². The molecule has 4 rings (SSSR count). The maximum atomic E-state index is 13.3. The van der Waals surface area contributed by atoms with Gasteiger partial charge in [-0.2, -0.15) is 13.2 Å². The lowest BCUT2D eigenvalue weighted by Crippen LogP contribution is -2.37. The number of nitrogens with zero attached hydrogens (tertiary/aromatic N) is 4. The Morgan fingerprint density at radius 2 is 1.64 bits per heavy atom. The molecule has 0 unspecified atom stereocenters. The standard InChI is InChI=1S/C24H24F4N4O/c25-20-8-6-17(7-9-20)15-22-29-21(5-2-10-32-11-13-33-14-12-32)30-23(31-22)18-3-1-4-19(16-18)24(26,27)28/h1,3-4,6-9,16H,2,5,10-15H2. The highest BCUT2D eigenvalue weighted by Gasteiger charge is 2.30. The number of benzene rings is 2. The lowest BCUT2D eigenvalue weighted by Gasteiger charge is -2.26. The molecule has 1 aromatic heterocycles. The maximum absolute atomic E-state index is 13.3. The number of morpholine rings is 1. The Labute approximate surface area is 189 Å². The van der Waals surface area contributed by atoms with E-state index in [4.69, 9.17) is 4.74 Å². The van der Waals surface area contributed by atoms with Crippen molar-refractivity contribution in [2.45, 2.75) is 25.4 Å². The van der Waals surface area contributed by atoms with Crippen LogP contribution in [-0.4, -0.2) is 52.7 Å². The van der Waals surface area contributed by atoms with Gasteiger partial charge in [-0.25, -0.2) is 19.3 Å². The summed E-state index contributed by atoms with van der Waals surface area (Å²) in [6.07, 6.45) is -2.75. The van der Waals surface area contributed by atoms with Gasteiger partial charge in [0.05, 0.1) is 18.8 Å². The van der Waals surface area contributed by atoms with Gasteiger partial charge in [-0.1, -0.05) is 24.3 Å². The minimum atomic E-state index is -4.46. The number of hydrogen-bond acceptors (Lipinski definition) is 5. The molecule has 5 nitrogen and oxygen atoms in total. The number of halogens is 4.